The van der Waals surface area contributed by atoms with E-state index in [2.05, 4.69) is 13.8 Å². The summed E-state index contributed by atoms with van der Waals surface area (Å²) in [4.78, 5) is 0. The van der Waals surface area contributed by atoms with Crippen LogP contribution in [0.4, 0.5) is 5.69 Å². The Morgan fingerprint density at radius 2 is 1.45 bits per heavy atom. The zero-order valence-electron chi connectivity index (χ0n) is 7.08. The molecule has 2 heteroatoms. The van der Waals surface area contributed by atoms with E-state index < -0.39 is 0 Å². The predicted octanol–water partition coefficient (Wildman–Crippen LogP) is 3.11. The Hall–Kier alpha value is -0.690. The lowest BCUT2D eigenvalue weighted by Gasteiger charge is -1.83. The minimum Gasteiger partial charge on any atom is -0.399 e. The monoisotopic (exact) mass is 173 g/mol. The average Bonchev–Trinajstić information content (AvgIpc) is 1.91. The van der Waals surface area contributed by atoms with Gasteiger partial charge in [0.05, 0.1) is 0 Å². The quantitative estimate of drug-likeness (QED) is 0.600. The molecule has 2 N–H and O–H groups in total. The van der Waals surface area contributed by atoms with Crippen LogP contribution in [-0.2, 0) is 0 Å². The predicted molar refractivity (Wildman–Crippen MR) is 54.1 cm³/mol. The zero-order chi connectivity index (χ0) is 7.82. The molecule has 0 radical (unpaired) electrons. The van der Waals surface area contributed by atoms with Gasteiger partial charge < -0.3 is 5.73 Å². The van der Waals surface area contributed by atoms with Gasteiger partial charge >= 0.3 is 0 Å². The van der Waals surface area contributed by atoms with Crippen molar-refractivity contribution < 1.29 is 0 Å². The Bertz CT molecular complexity index is 151. The lowest BCUT2D eigenvalue weighted by atomic mass is 10.3. The van der Waals surface area contributed by atoms with E-state index in [1.54, 1.807) is 0 Å². The minimum absolute atomic E-state index is 0. The first-order chi connectivity index (χ1) is 4.81. The summed E-state index contributed by atoms with van der Waals surface area (Å²) in [6.07, 6.45) is 1.25. The fourth-order valence-electron chi connectivity index (χ4n) is 0.453. The number of para-hydroxylation sites is 1. The minimum atomic E-state index is 0. The van der Waals surface area contributed by atoms with Crippen molar-refractivity contribution in [1.82, 2.24) is 0 Å². The van der Waals surface area contributed by atoms with E-state index in [1.807, 2.05) is 30.3 Å². The molecule has 64 valence electrons. The molecule has 1 aromatic rings. The van der Waals surface area contributed by atoms with Crippen LogP contribution in [0.5, 0.6) is 0 Å². The van der Waals surface area contributed by atoms with Crippen LogP contribution in [0.25, 0.3) is 0 Å². The van der Waals surface area contributed by atoms with E-state index in [-0.39, 0.29) is 12.4 Å². The molecule has 0 aliphatic heterocycles. The smallest absolute Gasteiger partial charge is 0.0313 e. The van der Waals surface area contributed by atoms with Crippen LogP contribution in [0.1, 0.15) is 20.3 Å². The van der Waals surface area contributed by atoms with Gasteiger partial charge in [0.2, 0.25) is 0 Å². The lowest BCUT2D eigenvalue weighted by molar-refractivity contribution is 1.09. The van der Waals surface area contributed by atoms with Crippen molar-refractivity contribution >= 4 is 18.1 Å². The summed E-state index contributed by atoms with van der Waals surface area (Å²) in [7, 11) is 0. The first-order valence-corrected chi connectivity index (χ1v) is 3.61. The summed E-state index contributed by atoms with van der Waals surface area (Å²) in [6.45, 7) is 4.25. The summed E-state index contributed by atoms with van der Waals surface area (Å²) in [5.74, 6) is 0. The first kappa shape index (κ1) is 12.9. The third kappa shape index (κ3) is 9.31. The molecule has 0 saturated heterocycles. The van der Waals surface area contributed by atoms with Crippen LogP contribution in [-0.4, -0.2) is 0 Å². The standard InChI is InChI=1S/C6H7N.C3H8.ClH/c7-6-4-2-1-3-5-6;1-3-2;/h1-5H,7H2;3H2,1-2H3;1H. The lowest BCUT2D eigenvalue weighted by Crippen LogP contribution is -1.79. The molecule has 1 rings (SSSR count). The fraction of sp³-hybridized carbons (Fsp3) is 0.333. The van der Waals surface area contributed by atoms with E-state index in [0.29, 0.717) is 0 Å². The van der Waals surface area contributed by atoms with Crippen molar-refractivity contribution in [3.8, 4) is 0 Å². The third-order valence-electron chi connectivity index (χ3n) is 0.800. The molecule has 0 fully saturated rings. The number of nitrogen functional groups attached to an aromatic ring is 1. The SMILES string of the molecule is CCC.Cl.Nc1ccccc1. The maximum atomic E-state index is 5.36. The van der Waals surface area contributed by atoms with Crippen LogP contribution >= 0.6 is 12.4 Å². The molecule has 1 nitrogen and oxygen atoms in total. The highest BCUT2D eigenvalue weighted by Crippen LogP contribution is 1.95. The van der Waals surface area contributed by atoms with E-state index in [9.17, 15) is 0 Å². The summed E-state index contributed by atoms with van der Waals surface area (Å²) < 4.78 is 0. The molecule has 0 heterocycles. The Kier molecular flexibility index (Phi) is 11.0. The number of nitrogens with two attached hydrogens (primary N) is 1. The van der Waals surface area contributed by atoms with Gasteiger partial charge in [0, 0.05) is 5.69 Å². The van der Waals surface area contributed by atoms with Crippen molar-refractivity contribution in [2.75, 3.05) is 5.73 Å². The van der Waals surface area contributed by atoms with Crippen LogP contribution < -0.4 is 5.73 Å². The maximum Gasteiger partial charge on any atom is 0.0313 e. The van der Waals surface area contributed by atoms with Crippen molar-refractivity contribution in [3.05, 3.63) is 30.3 Å². The number of benzene rings is 1. The van der Waals surface area contributed by atoms with Crippen molar-refractivity contribution in [1.29, 1.82) is 0 Å². The average molecular weight is 174 g/mol. The molecule has 0 aliphatic rings. The van der Waals surface area contributed by atoms with Gasteiger partial charge in [-0.1, -0.05) is 38.5 Å². The molecule has 0 saturated carbocycles. The molecule has 0 atom stereocenters. The van der Waals surface area contributed by atoms with Crippen LogP contribution in [0.2, 0.25) is 0 Å². The van der Waals surface area contributed by atoms with Gasteiger partial charge in [-0.2, -0.15) is 0 Å². The molecule has 0 bridgehead atoms. The summed E-state index contributed by atoms with van der Waals surface area (Å²) in [5, 5.41) is 0. The molecular formula is C9H16ClN. The number of hydrogen-bond donors (Lipinski definition) is 1. The zero-order valence-corrected chi connectivity index (χ0v) is 7.90. The molecule has 0 amide bonds. The van der Waals surface area contributed by atoms with Gasteiger partial charge in [0.1, 0.15) is 0 Å². The second kappa shape index (κ2) is 9.31. The number of anilines is 1. The highest BCUT2D eigenvalue weighted by Gasteiger charge is 1.72. The van der Waals surface area contributed by atoms with Gasteiger partial charge in [0.25, 0.3) is 0 Å². The fourth-order valence-corrected chi connectivity index (χ4v) is 0.453. The van der Waals surface area contributed by atoms with Gasteiger partial charge in [-0.05, 0) is 12.1 Å². The second-order valence-corrected chi connectivity index (χ2v) is 2.12. The Morgan fingerprint density at radius 3 is 1.64 bits per heavy atom. The highest BCUT2D eigenvalue weighted by atomic mass is 35.5. The van der Waals surface area contributed by atoms with E-state index in [4.69, 9.17) is 5.73 Å². The van der Waals surface area contributed by atoms with Crippen molar-refractivity contribution in [2.45, 2.75) is 20.3 Å². The van der Waals surface area contributed by atoms with Crippen molar-refractivity contribution in [2.24, 2.45) is 0 Å². The van der Waals surface area contributed by atoms with Gasteiger partial charge in [-0.25, -0.2) is 0 Å². The number of halogens is 1. The van der Waals surface area contributed by atoms with Crippen LogP contribution in [0, 0.1) is 0 Å². The van der Waals surface area contributed by atoms with E-state index in [0.717, 1.165) is 5.69 Å². The first-order valence-electron chi connectivity index (χ1n) is 3.61. The molecule has 11 heavy (non-hydrogen) atoms. The topological polar surface area (TPSA) is 26.0 Å². The second-order valence-electron chi connectivity index (χ2n) is 2.12. The molecule has 1 aromatic carbocycles. The molecule has 0 aromatic heterocycles. The van der Waals surface area contributed by atoms with Gasteiger partial charge in [-0.15, -0.1) is 12.4 Å². The number of hydrogen-bond acceptors (Lipinski definition) is 1. The summed E-state index contributed by atoms with van der Waals surface area (Å²) >= 11 is 0. The van der Waals surface area contributed by atoms with Crippen molar-refractivity contribution in [3.63, 3.8) is 0 Å². The number of rotatable bonds is 0. The molecular weight excluding hydrogens is 158 g/mol. The molecule has 0 unspecified atom stereocenters. The van der Waals surface area contributed by atoms with Crippen LogP contribution in [0.3, 0.4) is 0 Å². The molecule has 0 spiro atoms. The summed E-state index contributed by atoms with van der Waals surface area (Å²) in [6, 6.07) is 9.49. The Morgan fingerprint density at radius 1 is 1.09 bits per heavy atom. The van der Waals surface area contributed by atoms with Crippen LogP contribution in [0.15, 0.2) is 30.3 Å². The Balaban J connectivity index is 0. The highest BCUT2D eigenvalue weighted by molar-refractivity contribution is 5.85. The third-order valence-corrected chi connectivity index (χ3v) is 0.800. The van der Waals surface area contributed by atoms with E-state index >= 15 is 0 Å². The normalized spacial score (nSPS) is 7.09. The van der Waals surface area contributed by atoms with Gasteiger partial charge in [-0.3, -0.25) is 0 Å². The summed E-state index contributed by atoms with van der Waals surface area (Å²) in [5.41, 5.74) is 6.18. The molecule has 0 aliphatic carbocycles. The Labute approximate surface area is 75.0 Å². The van der Waals surface area contributed by atoms with Gasteiger partial charge in [0.15, 0.2) is 0 Å². The largest absolute Gasteiger partial charge is 0.399 e. The maximum absolute atomic E-state index is 5.36. The van der Waals surface area contributed by atoms with E-state index in [1.165, 1.54) is 6.42 Å².